The second-order valence-corrected chi connectivity index (χ2v) is 5.58. The Morgan fingerprint density at radius 2 is 2.06 bits per heavy atom. The quantitative estimate of drug-likeness (QED) is 0.758. The summed E-state index contributed by atoms with van der Waals surface area (Å²) in [5, 5.41) is 4.30. The van der Waals surface area contributed by atoms with Gasteiger partial charge in [-0.05, 0) is 37.6 Å². The maximum Gasteiger partial charge on any atom is 0.168 e. The lowest BCUT2D eigenvalue weighted by Gasteiger charge is -2.27. The van der Waals surface area contributed by atoms with Gasteiger partial charge in [-0.1, -0.05) is 27.7 Å². The highest BCUT2D eigenvalue weighted by Crippen LogP contribution is 2.15. The highest BCUT2D eigenvalue weighted by Gasteiger charge is 2.27. The minimum atomic E-state index is 0.647. The van der Waals surface area contributed by atoms with E-state index in [1.807, 2.05) is 0 Å². The molecule has 1 heterocycles. The van der Waals surface area contributed by atoms with E-state index in [-0.39, 0.29) is 0 Å². The molecule has 1 unspecified atom stereocenters. The molecule has 3 nitrogen and oxygen atoms in total. The Balaban J connectivity index is 2.36. The van der Waals surface area contributed by atoms with Crippen LogP contribution in [0.15, 0.2) is 0 Å². The van der Waals surface area contributed by atoms with Crippen LogP contribution in [-0.2, 0) is 0 Å². The first kappa shape index (κ1) is 14.7. The van der Waals surface area contributed by atoms with Gasteiger partial charge in [0.1, 0.15) is 0 Å². The number of rotatable bonds is 5. The average molecular weight is 257 g/mol. The number of likely N-dealkylation sites (tertiary alicyclic amines) is 1. The minimum Gasteiger partial charge on any atom is -0.362 e. The van der Waals surface area contributed by atoms with E-state index in [0.717, 1.165) is 37.8 Å². The Kier molecular flexibility index (Phi) is 6.20. The first-order valence-corrected chi connectivity index (χ1v) is 7.26. The van der Waals surface area contributed by atoms with Gasteiger partial charge in [0.25, 0.3) is 0 Å². The fourth-order valence-electron chi connectivity index (χ4n) is 2.37. The molecule has 1 rings (SSSR count). The van der Waals surface area contributed by atoms with E-state index in [2.05, 4.69) is 42.8 Å². The van der Waals surface area contributed by atoms with Crippen molar-refractivity contribution in [2.24, 2.45) is 5.92 Å². The Morgan fingerprint density at radius 3 is 2.59 bits per heavy atom. The van der Waals surface area contributed by atoms with E-state index >= 15 is 0 Å². The molecule has 1 N–H and O–H groups in total. The largest absolute Gasteiger partial charge is 0.362 e. The average Bonchev–Trinajstić information content (AvgIpc) is 2.77. The molecule has 0 aromatic carbocycles. The molecule has 4 heteroatoms. The van der Waals surface area contributed by atoms with Crippen molar-refractivity contribution in [2.75, 3.05) is 32.7 Å². The fraction of sp³-hybridized carbons (Fsp3) is 0.923. The number of nitrogens with zero attached hydrogens (tertiary/aromatic N) is 2. The van der Waals surface area contributed by atoms with E-state index < -0.39 is 0 Å². The van der Waals surface area contributed by atoms with Crippen LogP contribution in [0.1, 0.15) is 34.1 Å². The molecule has 17 heavy (non-hydrogen) atoms. The normalized spacial score (nSPS) is 20.4. The second-order valence-electron chi connectivity index (χ2n) is 5.19. The highest BCUT2D eigenvalue weighted by molar-refractivity contribution is 7.80. The molecule has 0 spiro atoms. The van der Waals surface area contributed by atoms with Gasteiger partial charge in [0.2, 0.25) is 0 Å². The summed E-state index contributed by atoms with van der Waals surface area (Å²) in [5.41, 5.74) is 0. The van der Waals surface area contributed by atoms with Gasteiger partial charge in [0, 0.05) is 25.7 Å². The third-order valence-electron chi connectivity index (χ3n) is 3.44. The van der Waals surface area contributed by atoms with E-state index in [0.29, 0.717) is 12.0 Å². The maximum absolute atomic E-state index is 5.44. The fourth-order valence-corrected chi connectivity index (χ4v) is 2.62. The summed E-state index contributed by atoms with van der Waals surface area (Å²) in [6.07, 6.45) is 1.24. The molecule has 0 aromatic heterocycles. The van der Waals surface area contributed by atoms with Gasteiger partial charge >= 0.3 is 0 Å². The van der Waals surface area contributed by atoms with Crippen LogP contribution in [0, 0.1) is 5.92 Å². The summed E-state index contributed by atoms with van der Waals surface area (Å²) >= 11 is 5.44. The van der Waals surface area contributed by atoms with Crippen LogP contribution < -0.4 is 5.32 Å². The molecule has 1 fully saturated rings. The number of nitrogens with one attached hydrogen (secondary N) is 1. The van der Waals surface area contributed by atoms with Gasteiger partial charge < -0.3 is 10.2 Å². The zero-order chi connectivity index (χ0) is 12.8. The number of likely N-dealkylation sites (N-methyl/N-ethyl adjacent to an activating group) is 1. The molecule has 100 valence electrons. The summed E-state index contributed by atoms with van der Waals surface area (Å²) in [4.78, 5) is 4.85. The van der Waals surface area contributed by atoms with E-state index in [1.54, 1.807) is 0 Å². The molecule has 0 saturated carbocycles. The molecular weight excluding hydrogens is 230 g/mol. The maximum atomic E-state index is 5.44. The van der Waals surface area contributed by atoms with Gasteiger partial charge in [-0.15, -0.1) is 0 Å². The monoisotopic (exact) mass is 257 g/mol. The van der Waals surface area contributed by atoms with Crippen LogP contribution in [0.4, 0.5) is 0 Å². The number of hydrogen-bond donors (Lipinski definition) is 1. The van der Waals surface area contributed by atoms with Crippen LogP contribution in [-0.4, -0.2) is 53.7 Å². The summed E-state index contributed by atoms with van der Waals surface area (Å²) in [6, 6.07) is 0.684. The second kappa shape index (κ2) is 7.17. The molecular formula is C13H27N3S. The summed E-state index contributed by atoms with van der Waals surface area (Å²) in [5.74, 6) is 0.647. The number of thiocarbonyl (C=S) groups is 1. The van der Waals surface area contributed by atoms with Crippen LogP contribution in [0.2, 0.25) is 0 Å². The Morgan fingerprint density at radius 1 is 1.41 bits per heavy atom. The topological polar surface area (TPSA) is 18.5 Å². The summed E-state index contributed by atoms with van der Waals surface area (Å²) in [7, 11) is 0. The third-order valence-corrected chi connectivity index (χ3v) is 3.84. The summed E-state index contributed by atoms with van der Waals surface area (Å²) < 4.78 is 0. The lowest BCUT2D eigenvalue weighted by Crippen LogP contribution is -2.42. The van der Waals surface area contributed by atoms with E-state index in [1.165, 1.54) is 6.42 Å². The summed E-state index contributed by atoms with van der Waals surface area (Å²) in [6.45, 7) is 14.3. The molecule has 0 radical (unpaired) electrons. The molecule has 0 amide bonds. The smallest absolute Gasteiger partial charge is 0.168 e. The van der Waals surface area contributed by atoms with Crippen molar-refractivity contribution in [1.29, 1.82) is 0 Å². The first-order valence-electron chi connectivity index (χ1n) is 6.85. The standard InChI is InChI=1S/C13H27N3S/c1-5-15(6-2)12-7-8-16(10-12)13(17)14-9-11(3)4/h11-12H,5-10H2,1-4H3,(H,14,17). The van der Waals surface area contributed by atoms with Crippen molar-refractivity contribution in [3.05, 3.63) is 0 Å². The van der Waals surface area contributed by atoms with Crippen LogP contribution in [0.25, 0.3) is 0 Å². The van der Waals surface area contributed by atoms with E-state index in [9.17, 15) is 0 Å². The molecule has 1 saturated heterocycles. The molecule has 0 bridgehead atoms. The predicted octanol–water partition coefficient (Wildman–Crippen LogP) is 1.93. The van der Waals surface area contributed by atoms with Crippen molar-refractivity contribution >= 4 is 17.3 Å². The Labute approximate surface area is 112 Å². The van der Waals surface area contributed by atoms with E-state index in [4.69, 9.17) is 12.2 Å². The Hall–Kier alpha value is -0.350. The van der Waals surface area contributed by atoms with Crippen molar-refractivity contribution in [3.8, 4) is 0 Å². The van der Waals surface area contributed by atoms with Gasteiger partial charge in [-0.2, -0.15) is 0 Å². The zero-order valence-corrected chi connectivity index (χ0v) is 12.5. The third kappa shape index (κ3) is 4.43. The SMILES string of the molecule is CCN(CC)C1CCN(C(=S)NCC(C)C)C1. The first-order chi connectivity index (χ1) is 8.08. The van der Waals surface area contributed by atoms with Crippen LogP contribution in [0.5, 0.6) is 0 Å². The highest BCUT2D eigenvalue weighted by atomic mass is 32.1. The van der Waals surface area contributed by atoms with Crippen molar-refractivity contribution in [2.45, 2.75) is 40.2 Å². The molecule has 1 atom stereocenters. The van der Waals surface area contributed by atoms with Crippen LogP contribution >= 0.6 is 12.2 Å². The van der Waals surface area contributed by atoms with Crippen molar-refractivity contribution in [3.63, 3.8) is 0 Å². The molecule has 0 aliphatic carbocycles. The van der Waals surface area contributed by atoms with Crippen molar-refractivity contribution < 1.29 is 0 Å². The van der Waals surface area contributed by atoms with Gasteiger partial charge in [-0.25, -0.2) is 0 Å². The lowest BCUT2D eigenvalue weighted by molar-refractivity contribution is 0.223. The van der Waals surface area contributed by atoms with Gasteiger partial charge in [-0.3, -0.25) is 4.90 Å². The van der Waals surface area contributed by atoms with Gasteiger partial charge in [0.15, 0.2) is 5.11 Å². The Bertz CT molecular complexity index is 239. The molecule has 1 aliphatic heterocycles. The van der Waals surface area contributed by atoms with Crippen molar-refractivity contribution in [1.82, 2.24) is 15.1 Å². The van der Waals surface area contributed by atoms with Crippen LogP contribution in [0.3, 0.4) is 0 Å². The zero-order valence-electron chi connectivity index (χ0n) is 11.7. The molecule has 0 aromatic rings. The minimum absolute atomic E-state index is 0.647. The lowest BCUT2D eigenvalue weighted by atomic mass is 10.2. The predicted molar refractivity (Wildman–Crippen MR) is 78.3 cm³/mol. The van der Waals surface area contributed by atoms with Gasteiger partial charge in [0.05, 0.1) is 0 Å². The molecule has 1 aliphatic rings. The number of hydrogen-bond acceptors (Lipinski definition) is 2.